The minimum Gasteiger partial charge on any atom is -0.376 e. The number of carbonyl (C=O) groups is 1. The predicted molar refractivity (Wildman–Crippen MR) is 76.9 cm³/mol. The van der Waals surface area contributed by atoms with Crippen molar-refractivity contribution < 1.29 is 14.3 Å². The molecule has 1 aliphatic heterocycles. The molecule has 8 nitrogen and oxygen atoms in total. The average molecular weight is 315 g/mol. The van der Waals surface area contributed by atoms with Crippen LogP contribution in [0.4, 0.5) is 0 Å². The zero-order chi connectivity index (χ0) is 14.9. The fraction of sp³-hybridized carbons (Fsp3) is 0.833. The lowest BCUT2D eigenvalue weighted by molar-refractivity contribution is -0.127. The number of amides is 1. The second-order valence-electron chi connectivity index (χ2n) is 4.79. The van der Waals surface area contributed by atoms with Crippen LogP contribution in [0.5, 0.6) is 0 Å². The van der Waals surface area contributed by atoms with Gasteiger partial charge in [-0.05, 0) is 29.7 Å². The van der Waals surface area contributed by atoms with Gasteiger partial charge in [-0.25, -0.2) is 4.68 Å². The highest BCUT2D eigenvalue weighted by molar-refractivity contribution is 7.99. The maximum atomic E-state index is 11.6. The highest BCUT2D eigenvalue weighted by Gasteiger charge is 2.14. The average Bonchev–Trinajstić information content (AvgIpc) is 2.90. The number of thioether (sulfide) groups is 1. The lowest BCUT2D eigenvalue weighted by Crippen LogP contribution is -2.32. The molecule has 0 aliphatic carbocycles. The molecule has 1 atom stereocenters. The number of nitrogens with zero attached hydrogens (tertiary/aromatic N) is 4. The van der Waals surface area contributed by atoms with E-state index in [2.05, 4.69) is 20.8 Å². The Hall–Kier alpha value is -1.19. The molecule has 118 valence electrons. The normalized spacial score (nSPS) is 18.6. The number of aromatic nitrogens is 4. The summed E-state index contributed by atoms with van der Waals surface area (Å²) in [5.41, 5.74) is 0. The summed E-state index contributed by atoms with van der Waals surface area (Å²) in [7, 11) is 1.78. The lowest BCUT2D eigenvalue weighted by atomic mass is 10.1. The number of hydrogen-bond acceptors (Lipinski definition) is 7. The Morgan fingerprint density at radius 2 is 2.48 bits per heavy atom. The number of aryl methyl sites for hydroxylation is 1. The summed E-state index contributed by atoms with van der Waals surface area (Å²) in [6.45, 7) is 1.93. The van der Waals surface area contributed by atoms with Gasteiger partial charge in [-0.15, -0.1) is 5.10 Å². The molecule has 0 bridgehead atoms. The van der Waals surface area contributed by atoms with Crippen molar-refractivity contribution >= 4 is 17.7 Å². The molecule has 1 N–H and O–H groups in total. The molecule has 1 aromatic heterocycles. The van der Waals surface area contributed by atoms with Crippen molar-refractivity contribution in [2.75, 3.05) is 32.1 Å². The number of nitrogens with one attached hydrogen (secondary N) is 1. The Morgan fingerprint density at radius 3 is 3.19 bits per heavy atom. The van der Waals surface area contributed by atoms with E-state index < -0.39 is 0 Å². The minimum atomic E-state index is -0.109. The van der Waals surface area contributed by atoms with Crippen LogP contribution in [0.2, 0.25) is 0 Å². The molecule has 1 saturated heterocycles. The van der Waals surface area contributed by atoms with Gasteiger partial charge in [0.2, 0.25) is 11.1 Å². The first-order valence-corrected chi connectivity index (χ1v) is 8.05. The van der Waals surface area contributed by atoms with Crippen molar-refractivity contribution in [2.45, 2.75) is 30.5 Å². The number of rotatable bonds is 8. The summed E-state index contributed by atoms with van der Waals surface area (Å²) in [6.07, 6.45) is 3.46. The van der Waals surface area contributed by atoms with E-state index in [1.54, 1.807) is 11.7 Å². The van der Waals surface area contributed by atoms with E-state index in [0.29, 0.717) is 18.9 Å². The van der Waals surface area contributed by atoms with E-state index in [9.17, 15) is 4.79 Å². The molecule has 2 heterocycles. The van der Waals surface area contributed by atoms with E-state index in [-0.39, 0.29) is 18.6 Å². The van der Waals surface area contributed by atoms with Crippen LogP contribution >= 0.6 is 11.8 Å². The molecular formula is C12H21N5O3S. The molecule has 1 aliphatic rings. The SMILES string of the molecule is Cn1nnnc1SCCNC(=O)COC[C@H]1CCCCO1. The summed E-state index contributed by atoms with van der Waals surface area (Å²) < 4.78 is 12.5. The number of ether oxygens (including phenoxy) is 2. The van der Waals surface area contributed by atoms with Crippen molar-refractivity contribution in [3.8, 4) is 0 Å². The third-order valence-electron chi connectivity index (χ3n) is 3.05. The summed E-state index contributed by atoms with van der Waals surface area (Å²) in [6, 6.07) is 0. The Kier molecular flexibility index (Phi) is 6.90. The zero-order valence-electron chi connectivity index (χ0n) is 12.2. The van der Waals surface area contributed by atoms with E-state index in [4.69, 9.17) is 9.47 Å². The molecule has 0 aromatic carbocycles. The van der Waals surface area contributed by atoms with Crippen LogP contribution in [0.1, 0.15) is 19.3 Å². The fourth-order valence-corrected chi connectivity index (χ4v) is 2.65. The van der Waals surface area contributed by atoms with Gasteiger partial charge in [0.15, 0.2) is 0 Å². The van der Waals surface area contributed by atoms with Crippen molar-refractivity contribution in [3.63, 3.8) is 0 Å². The molecule has 0 radical (unpaired) electrons. The molecule has 21 heavy (non-hydrogen) atoms. The first-order chi connectivity index (χ1) is 10.3. The van der Waals surface area contributed by atoms with Crippen molar-refractivity contribution in [1.82, 2.24) is 25.5 Å². The first kappa shape index (κ1) is 16.2. The second-order valence-corrected chi connectivity index (χ2v) is 5.85. The molecular weight excluding hydrogens is 294 g/mol. The first-order valence-electron chi connectivity index (χ1n) is 7.07. The summed E-state index contributed by atoms with van der Waals surface area (Å²) in [5.74, 6) is 0.605. The summed E-state index contributed by atoms with van der Waals surface area (Å²) in [4.78, 5) is 11.6. The van der Waals surface area contributed by atoms with Crippen LogP contribution in [0.15, 0.2) is 5.16 Å². The quantitative estimate of drug-likeness (QED) is 0.533. The van der Waals surface area contributed by atoms with E-state index in [1.807, 2.05) is 0 Å². The van der Waals surface area contributed by atoms with Gasteiger partial charge in [0.1, 0.15) is 6.61 Å². The Labute approximate surface area is 127 Å². The van der Waals surface area contributed by atoms with Crippen LogP contribution < -0.4 is 5.32 Å². The number of carbonyl (C=O) groups excluding carboxylic acids is 1. The Bertz CT molecular complexity index is 436. The molecule has 0 saturated carbocycles. The van der Waals surface area contributed by atoms with Crippen LogP contribution in [0.3, 0.4) is 0 Å². The number of hydrogen-bond donors (Lipinski definition) is 1. The zero-order valence-corrected chi connectivity index (χ0v) is 13.0. The molecule has 1 fully saturated rings. The van der Waals surface area contributed by atoms with E-state index >= 15 is 0 Å². The van der Waals surface area contributed by atoms with Gasteiger partial charge in [-0.2, -0.15) is 0 Å². The van der Waals surface area contributed by atoms with Gasteiger partial charge < -0.3 is 14.8 Å². The van der Waals surface area contributed by atoms with Gasteiger partial charge in [0.25, 0.3) is 0 Å². The second kappa shape index (κ2) is 8.96. The highest BCUT2D eigenvalue weighted by atomic mass is 32.2. The molecule has 9 heteroatoms. The van der Waals surface area contributed by atoms with Gasteiger partial charge in [0, 0.05) is 26.0 Å². The maximum Gasteiger partial charge on any atom is 0.246 e. The maximum absolute atomic E-state index is 11.6. The molecule has 1 aromatic rings. The fourth-order valence-electron chi connectivity index (χ4n) is 1.95. The van der Waals surface area contributed by atoms with Crippen LogP contribution in [0.25, 0.3) is 0 Å². The third kappa shape index (κ3) is 5.98. The smallest absolute Gasteiger partial charge is 0.246 e. The van der Waals surface area contributed by atoms with Gasteiger partial charge in [-0.3, -0.25) is 4.79 Å². The molecule has 1 amide bonds. The monoisotopic (exact) mass is 315 g/mol. The third-order valence-corrected chi connectivity index (χ3v) is 4.06. The standard InChI is InChI=1S/C12H21N5O3S/c1-17-12(14-15-16-17)21-7-5-13-11(18)9-19-8-10-4-2-3-6-20-10/h10H,2-9H2,1H3,(H,13,18)/t10-/m1/s1. The van der Waals surface area contributed by atoms with Crippen LogP contribution in [0, 0.1) is 0 Å². The van der Waals surface area contributed by atoms with Gasteiger partial charge in [0.05, 0.1) is 12.7 Å². The van der Waals surface area contributed by atoms with Crippen molar-refractivity contribution in [3.05, 3.63) is 0 Å². The Balaban J connectivity index is 1.48. The largest absolute Gasteiger partial charge is 0.376 e. The van der Waals surface area contributed by atoms with Crippen LogP contribution in [-0.4, -0.2) is 64.3 Å². The lowest BCUT2D eigenvalue weighted by Gasteiger charge is -2.22. The van der Waals surface area contributed by atoms with Gasteiger partial charge in [-0.1, -0.05) is 11.8 Å². The highest BCUT2D eigenvalue weighted by Crippen LogP contribution is 2.12. The topological polar surface area (TPSA) is 91.2 Å². The Morgan fingerprint density at radius 1 is 1.57 bits per heavy atom. The molecule has 0 unspecified atom stereocenters. The number of tetrazole rings is 1. The summed E-state index contributed by atoms with van der Waals surface area (Å²) in [5, 5.41) is 14.7. The molecule has 0 spiro atoms. The minimum absolute atomic E-state index is 0.0794. The van der Waals surface area contributed by atoms with E-state index in [1.165, 1.54) is 18.2 Å². The van der Waals surface area contributed by atoms with Gasteiger partial charge >= 0.3 is 0 Å². The van der Waals surface area contributed by atoms with Crippen molar-refractivity contribution in [1.29, 1.82) is 0 Å². The van der Waals surface area contributed by atoms with E-state index in [0.717, 1.165) is 24.6 Å². The predicted octanol–water partition coefficient (Wildman–Crippen LogP) is 0.00410. The summed E-state index contributed by atoms with van der Waals surface area (Å²) >= 11 is 1.49. The van der Waals surface area contributed by atoms with Crippen LogP contribution in [-0.2, 0) is 21.3 Å². The molecule has 2 rings (SSSR count). The van der Waals surface area contributed by atoms with Crippen molar-refractivity contribution in [2.24, 2.45) is 7.05 Å².